The molecule has 0 aromatic heterocycles. The van der Waals surface area contributed by atoms with Crippen LogP contribution in [-0.4, -0.2) is 6.54 Å². The van der Waals surface area contributed by atoms with Crippen LogP contribution in [0.25, 0.3) is 0 Å². The van der Waals surface area contributed by atoms with E-state index in [9.17, 15) is 4.91 Å². The second kappa shape index (κ2) is 12.4. The van der Waals surface area contributed by atoms with E-state index in [1.165, 1.54) is 6.42 Å². The molecule has 0 heterocycles. The number of allylic oxidation sites excluding steroid dienone is 5. The lowest BCUT2D eigenvalue weighted by atomic mass is 10.2. The molecule has 0 fully saturated rings. The first-order valence-electron chi connectivity index (χ1n) is 5.07. The predicted octanol–water partition coefficient (Wildman–Crippen LogP) is 3.98. The maximum absolute atomic E-state index is 9.51. The molecule has 0 aromatic carbocycles. The van der Waals surface area contributed by atoms with Crippen molar-refractivity contribution in [2.75, 3.05) is 6.54 Å². The molecule has 82 valence electrons. The van der Waals surface area contributed by atoms with Crippen molar-refractivity contribution in [3.63, 3.8) is 0 Å². The zero-order valence-electron chi connectivity index (χ0n) is 9.04. The topological polar surface area (TPSA) is 54.1 Å². The van der Waals surface area contributed by atoms with E-state index >= 15 is 0 Å². The number of nitrogens with zero attached hydrogens (tertiary/aromatic N) is 3. The molecule has 0 N–H and O–H groups in total. The second-order valence-electron chi connectivity index (χ2n) is 2.85. The molecule has 0 saturated carbocycles. The Hall–Kier alpha value is -1.58. The number of hydrogen-bond donors (Lipinski definition) is 0. The van der Waals surface area contributed by atoms with Crippen LogP contribution in [0.4, 0.5) is 0 Å². The number of hydrogen-bond acceptors (Lipinski definition) is 2. The summed E-state index contributed by atoms with van der Waals surface area (Å²) >= 11 is 0. The Labute approximate surface area is 90.4 Å². The van der Waals surface area contributed by atoms with E-state index in [-0.39, 0.29) is 0 Å². The molecule has 0 rings (SSSR count). The summed E-state index contributed by atoms with van der Waals surface area (Å²) in [5.41, 5.74) is 0. The van der Waals surface area contributed by atoms with Gasteiger partial charge >= 0.3 is 0 Å². The van der Waals surface area contributed by atoms with Gasteiger partial charge in [-0.15, -0.1) is 4.91 Å². The van der Waals surface area contributed by atoms with Gasteiger partial charge in [0.25, 0.3) is 0 Å². The number of unbranched alkanes of at least 4 members (excludes halogenated alkanes) is 1. The highest BCUT2D eigenvalue weighted by molar-refractivity contribution is 5.05. The summed E-state index contributed by atoms with van der Waals surface area (Å²) in [6.45, 7) is 2.55. The molecule has 0 saturated heterocycles. The van der Waals surface area contributed by atoms with Crippen LogP contribution >= 0.6 is 0 Å². The SMILES string of the molecule is CCCC=CCC=CC=CCN=NN=O. The molecular formula is C11H17N3O. The molecule has 0 aliphatic heterocycles. The van der Waals surface area contributed by atoms with E-state index < -0.39 is 0 Å². The number of nitroso groups, excluding NO2 is 1. The average Bonchev–Trinajstić information content (AvgIpc) is 2.26. The van der Waals surface area contributed by atoms with Gasteiger partial charge in [-0.3, -0.25) is 0 Å². The van der Waals surface area contributed by atoms with E-state index in [1.807, 2.05) is 12.2 Å². The lowest BCUT2D eigenvalue weighted by molar-refractivity contribution is 0.954. The van der Waals surface area contributed by atoms with Gasteiger partial charge in [-0.25, -0.2) is 0 Å². The molecule has 0 atom stereocenters. The van der Waals surface area contributed by atoms with Gasteiger partial charge in [0.2, 0.25) is 0 Å². The van der Waals surface area contributed by atoms with Crippen LogP contribution in [0, 0.1) is 4.91 Å². The maximum Gasteiger partial charge on any atom is 0.100 e. The molecule has 15 heavy (non-hydrogen) atoms. The van der Waals surface area contributed by atoms with Crippen molar-refractivity contribution in [3.05, 3.63) is 41.4 Å². The van der Waals surface area contributed by atoms with Crippen molar-refractivity contribution in [2.45, 2.75) is 26.2 Å². The van der Waals surface area contributed by atoms with Gasteiger partial charge in [-0.1, -0.05) is 49.8 Å². The van der Waals surface area contributed by atoms with Gasteiger partial charge in [-0.05, 0) is 18.1 Å². The van der Waals surface area contributed by atoms with Crippen molar-refractivity contribution < 1.29 is 0 Å². The van der Waals surface area contributed by atoms with Crippen LogP contribution in [0.15, 0.2) is 52.1 Å². The van der Waals surface area contributed by atoms with Gasteiger partial charge in [0.15, 0.2) is 0 Å². The largest absolute Gasteiger partial charge is 0.162 e. The Kier molecular flexibility index (Phi) is 11.1. The van der Waals surface area contributed by atoms with Crippen LogP contribution in [0.5, 0.6) is 0 Å². The molecule has 0 amide bonds. The first-order valence-corrected chi connectivity index (χ1v) is 5.07. The van der Waals surface area contributed by atoms with Crippen LogP contribution in [0.1, 0.15) is 26.2 Å². The zero-order chi connectivity index (χ0) is 11.2. The lowest BCUT2D eigenvalue weighted by Crippen LogP contribution is -1.66. The minimum Gasteiger partial charge on any atom is -0.162 e. The van der Waals surface area contributed by atoms with Crippen LogP contribution in [0.2, 0.25) is 0 Å². The molecule has 4 heteroatoms. The third-order valence-electron chi connectivity index (χ3n) is 1.56. The molecule has 4 nitrogen and oxygen atoms in total. The smallest absolute Gasteiger partial charge is 0.100 e. The fraction of sp³-hybridized carbons (Fsp3) is 0.455. The number of rotatable bonds is 8. The Morgan fingerprint density at radius 2 is 1.87 bits per heavy atom. The molecule has 0 aromatic rings. The lowest BCUT2D eigenvalue weighted by Gasteiger charge is -1.83. The Balaban J connectivity index is 3.44. The van der Waals surface area contributed by atoms with Gasteiger partial charge in [0, 0.05) is 0 Å². The summed E-state index contributed by atoms with van der Waals surface area (Å²) in [5, 5.41) is 8.67. The van der Waals surface area contributed by atoms with E-state index in [1.54, 1.807) is 6.08 Å². The van der Waals surface area contributed by atoms with E-state index in [0.29, 0.717) is 6.54 Å². The van der Waals surface area contributed by atoms with E-state index in [0.717, 1.165) is 12.8 Å². The highest BCUT2D eigenvalue weighted by Gasteiger charge is 1.73. The van der Waals surface area contributed by atoms with Crippen molar-refractivity contribution in [2.24, 2.45) is 15.6 Å². The normalized spacial score (nSPS) is 12.6. The average molecular weight is 207 g/mol. The Bertz CT molecular complexity index is 255. The van der Waals surface area contributed by atoms with Crippen LogP contribution < -0.4 is 0 Å². The molecule has 0 bridgehead atoms. The third-order valence-corrected chi connectivity index (χ3v) is 1.56. The fourth-order valence-corrected chi connectivity index (χ4v) is 0.865. The van der Waals surface area contributed by atoms with Gasteiger partial charge in [0.05, 0.1) is 6.54 Å². The standard InChI is InChI=1S/C11H17N3O/c1-2-3-4-5-6-7-8-9-10-11-12-13-14-15/h4-5,7-10H,2-3,6,11H2,1H3. The Morgan fingerprint density at radius 3 is 2.60 bits per heavy atom. The molecule has 0 aliphatic carbocycles. The highest BCUT2D eigenvalue weighted by atomic mass is 16.3. The molecule has 0 unspecified atom stereocenters. The molecule has 0 radical (unpaired) electrons. The summed E-state index contributed by atoms with van der Waals surface area (Å²) < 4.78 is 0. The Morgan fingerprint density at radius 1 is 1.07 bits per heavy atom. The first-order chi connectivity index (χ1) is 7.41. The third kappa shape index (κ3) is 12.4. The second-order valence-corrected chi connectivity index (χ2v) is 2.85. The zero-order valence-corrected chi connectivity index (χ0v) is 9.04. The first kappa shape index (κ1) is 13.4. The molecule has 0 aliphatic rings. The maximum atomic E-state index is 9.51. The van der Waals surface area contributed by atoms with E-state index in [4.69, 9.17) is 0 Å². The van der Waals surface area contributed by atoms with Gasteiger partial charge in [0.1, 0.15) is 5.29 Å². The summed E-state index contributed by atoms with van der Waals surface area (Å²) in [6, 6.07) is 0. The van der Waals surface area contributed by atoms with Crippen molar-refractivity contribution in [1.82, 2.24) is 0 Å². The summed E-state index contributed by atoms with van der Waals surface area (Å²) in [4.78, 5) is 9.51. The summed E-state index contributed by atoms with van der Waals surface area (Å²) in [5.74, 6) is 0. The van der Waals surface area contributed by atoms with Crippen molar-refractivity contribution in [1.29, 1.82) is 0 Å². The quantitative estimate of drug-likeness (QED) is 0.195. The predicted molar refractivity (Wildman–Crippen MR) is 62.5 cm³/mol. The highest BCUT2D eigenvalue weighted by Crippen LogP contribution is 1.92. The summed E-state index contributed by atoms with van der Waals surface area (Å²) in [6.07, 6.45) is 15.3. The van der Waals surface area contributed by atoms with E-state index in [2.05, 4.69) is 40.8 Å². The molecular weight excluding hydrogens is 190 g/mol. The fourth-order valence-electron chi connectivity index (χ4n) is 0.865. The van der Waals surface area contributed by atoms with Gasteiger partial charge in [-0.2, -0.15) is 5.11 Å². The van der Waals surface area contributed by atoms with Crippen molar-refractivity contribution in [3.8, 4) is 0 Å². The summed E-state index contributed by atoms with van der Waals surface area (Å²) in [7, 11) is 0. The minimum atomic E-state index is 0.391. The monoisotopic (exact) mass is 207 g/mol. The van der Waals surface area contributed by atoms with Crippen LogP contribution in [0.3, 0.4) is 0 Å². The van der Waals surface area contributed by atoms with Crippen molar-refractivity contribution >= 4 is 0 Å². The molecule has 0 spiro atoms. The van der Waals surface area contributed by atoms with Gasteiger partial charge < -0.3 is 0 Å². The minimum absolute atomic E-state index is 0.391. The van der Waals surface area contributed by atoms with Crippen LogP contribution in [-0.2, 0) is 0 Å².